The number of carbonyl (C=O) groups excluding carboxylic acids is 1. The van der Waals surface area contributed by atoms with Crippen molar-refractivity contribution in [2.75, 3.05) is 12.4 Å². The van der Waals surface area contributed by atoms with Crippen molar-refractivity contribution in [1.82, 2.24) is 0 Å². The Labute approximate surface area is 126 Å². The minimum Gasteiger partial charge on any atom is -0.469 e. The molecule has 0 aromatic heterocycles. The second-order valence-electron chi connectivity index (χ2n) is 5.20. The molecular formula is C18H21NO2. The first-order valence-electron chi connectivity index (χ1n) is 7.08. The van der Waals surface area contributed by atoms with Crippen LogP contribution in [0.4, 0.5) is 11.4 Å². The lowest BCUT2D eigenvalue weighted by Gasteiger charge is -2.09. The van der Waals surface area contributed by atoms with E-state index in [0.29, 0.717) is 12.8 Å². The second kappa shape index (κ2) is 6.93. The van der Waals surface area contributed by atoms with E-state index in [1.165, 1.54) is 18.2 Å². The average Bonchev–Trinajstić information content (AvgIpc) is 2.50. The Kier molecular flexibility index (Phi) is 4.99. The minimum absolute atomic E-state index is 0.174. The summed E-state index contributed by atoms with van der Waals surface area (Å²) in [5, 5.41) is 3.38. The number of hydrogen-bond acceptors (Lipinski definition) is 3. The van der Waals surface area contributed by atoms with Crippen LogP contribution in [0.15, 0.2) is 42.5 Å². The molecule has 0 aliphatic heterocycles. The van der Waals surface area contributed by atoms with Gasteiger partial charge in [-0.3, -0.25) is 4.79 Å². The third-order valence-electron chi connectivity index (χ3n) is 3.59. The largest absolute Gasteiger partial charge is 0.469 e. The molecule has 0 fully saturated rings. The van der Waals surface area contributed by atoms with Crippen LogP contribution >= 0.6 is 0 Å². The molecule has 0 aliphatic carbocycles. The highest BCUT2D eigenvalue weighted by Crippen LogP contribution is 2.20. The molecule has 0 radical (unpaired) electrons. The molecule has 0 unspecified atom stereocenters. The summed E-state index contributed by atoms with van der Waals surface area (Å²) in [6, 6.07) is 14.5. The normalized spacial score (nSPS) is 10.2. The van der Waals surface area contributed by atoms with Crippen LogP contribution in [-0.2, 0) is 16.0 Å². The zero-order valence-corrected chi connectivity index (χ0v) is 12.8. The van der Waals surface area contributed by atoms with Crippen LogP contribution in [0.1, 0.15) is 23.1 Å². The van der Waals surface area contributed by atoms with Gasteiger partial charge in [-0.1, -0.05) is 18.2 Å². The van der Waals surface area contributed by atoms with Crippen molar-refractivity contribution < 1.29 is 9.53 Å². The van der Waals surface area contributed by atoms with Gasteiger partial charge in [-0.05, 0) is 61.2 Å². The number of ether oxygens (including phenoxy) is 1. The standard InChI is InChI=1S/C18H21NO2/c1-13-4-8-17(12-14(13)2)19-16-9-5-15(6-10-16)7-11-18(20)21-3/h4-6,8-10,12,19H,7,11H2,1-3H3. The molecule has 0 saturated heterocycles. The number of methoxy groups -OCH3 is 1. The van der Waals surface area contributed by atoms with Gasteiger partial charge in [0.15, 0.2) is 0 Å². The van der Waals surface area contributed by atoms with Gasteiger partial charge in [0.2, 0.25) is 0 Å². The molecule has 2 aromatic rings. The number of hydrogen-bond donors (Lipinski definition) is 1. The van der Waals surface area contributed by atoms with Crippen LogP contribution in [0.3, 0.4) is 0 Å². The summed E-state index contributed by atoms with van der Waals surface area (Å²) in [7, 11) is 1.42. The zero-order chi connectivity index (χ0) is 15.2. The van der Waals surface area contributed by atoms with Gasteiger partial charge in [0.25, 0.3) is 0 Å². The third-order valence-corrected chi connectivity index (χ3v) is 3.59. The topological polar surface area (TPSA) is 38.3 Å². The lowest BCUT2D eigenvalue weighted by molar-refractivity contribution is -0.140. The summed E-state index contributed by atoms with van der Waals surface area (Å²) in [6.07, 6.45) is 1.12. The van der Waals surface area contributed by atoms with Gasteiger partial charge in [-0.2, -0.15) is 0 Å². The first-order valence-corrected chi connectivity index (χ1v) is 7.08. The lowest BCUT2D eigenvalue weighted by atomic mass is 10.1. The maximum atomic E-state index is 11.1. The molecule has 0 heterocycles. The fourth-order valence-electron chi connectivity index (χ4n) is 2.09. The molecule has 0 bridgehead atoms. The van der Waals surface area contributed by atoms with E-state index in [1.54, 1.807) is 0 Å². The molecule has 3 nitrogen and oxygen atoms in total. The van der Waals surface area contributed by atoms with Gasteiger partial charge in [0.05, 0.1) is 7.11 Å². The molecule has 0 amide bonds. The van der Waals surface area contributed by atoms with E-state index in [9.17, 15) is 4.79 Å². The monoisotopic (exact) mass is 283 g/mol. The third kappa shape index (κ3) is 4.35. The minimum atomic E-state index is -0.174. The molecule has 2 aromatic carbocycles. The number of aryl methyl sites for hydroxylation is 3. The van der Waals surface area contributed by atoms with Crippen LogP contribution < -0.4 is 5.32 Å². The van der Waals surface area contributed by atoms with E-state index >= 15 is 0 Å². The Morgan fingerprint density at radius 2 is 1.67 bits per heavy atom. The Morgan fingerprint density at radius 3 is 2.29 bits per heavy atom. The van der Waals surface area contributed by atoms with Gasteiger partial charge in [0.1, 0.15) is 0 Å². The predicted octanol–water partition coefficient (Wildman–Crippen LogP) is 4.15. The van der Waals surface area contributed by atoms with E-state index in [2.05, 4.69) is 42.1 Å². The van der Waals surface area contributed by atoms with Crippen molar-refractivity contribution in [2.45, 2.75) is 26.7 Å². The maximum absolute atomic E-state index is 11.1. The average molecular weight is 283 g/mol. The maximum Gasteiger partial charge on any atom is 0.305 e. The van der Waals surface area contributed by atoms with Gasteiger partial charge >= 0.3 is 5.97 Å². The van der Waals surface area contributed by atoms with Crippen molar-refractivity contribution in [3.8, 4) is 0 Å². The molecular weight excluding hydrogens is 262 g/mol. The van der Waals surface area contributed by atoms with E-state index in [4.69, 9.17) is 0 Å². The van der Waals surface area contributed by atoms with Gasteiger partial charge in [-0.15, -0.1) is 0 Å². The van der Waals surface area contributed by atoms with Crippen molar-refractivity contribution in [2.24, 2.45) is 0 Å². The quantitative estimate of drug-likeness (QED) is 0.838. The van der Waals surface area contributed by atoms with Crippen LogP contribution in [0.5, 0.6) is 0 Å². The summed E-state index contributed by atoms with van der Waals surface area (Å²) in [4.78, 5) is 11.1. The molecule has 3 heteroatoms. The van der Waals surface area contributed by atoms with Gasteiger partial charge in [0, 0.05) is 17.8 Å². The first-order chi connectivity index (χ1) is 10.1. The van der Waals surface area contributed by atoms with Crippen LogP contribution in [0, 0.1) is 13.8 Å². The second-order valence-corrected chi connectivity index (χ2v) is 5.20. The first kappa shape index (κ1) is 15.1. The number of esters is 1. The van der Waals surface area contributed by atoms with Crippen molar-refractivity contribution >= 4 is 17.3 Å². The molecule has 0 spiro atoms. The predicted molar refractivity (Wildman–Crippen MR) is 86.0 cm³/mol. The number of anilines is 2. The Bertz CT molecular complexity index is 618. The summed E-state index contributed by atoms with van der Waals surface area (Å²) in [5.41, 5.74) is 5.82. The van der Waals surface area contributed by atoms with Gasteiger partial charge in [-0.25, -0.2) is 0 Å². The van der Waals surface area contributed by atoms with Crippen LogP contribution in [0.2, 0.25) is 0 Å². The Morgan fingerprint density at radius 1 is 1.00 bits per heavy atom. The fourth-order valence-corrected chi connectivity index (χ4v) is 2.09. The highest BCUT2D eigenvalue weighted by molar-refractivity contribution is 5.69. The molecule has 2 rings (SSSR count). The summed E-state index contributed by atoms with van der Waals surface area (Å²) in [5.74, 6) is -0.174. The van der Waals surface area contributed by atoms with Crippen LogP contribution in [0.25, 0.3) is 0 Å². The molecule has 1 N–H and O–H groups in total. The van der Waals surface area contributed by atoms with E-state index in [0.717, 1.165) is 16.9 Å². The molecule has 110 valence electrons. The number of carbonyl (C=O) groups is 1. The van der Waals surface area contributed by atoms with E-state index in [-0.39, 0.29) is 5.97 Å². The highest BCUT2D eigenvalue weighted by atomic mass is 16.5. The summed E-state index contributed by atoms with van der Waals surface area (Å²) in [6.45, 7) is 4.21. The SMILES string of the molecule is COC(=O)CCc1ccc(Nc2ccc(C)c(C)c2)cc1. The summed E-state index contributed by atoms with van der Waals surface area (Å²) >= 11 is 0. The Hall–Kier alpha value is -2.29. The number of rotatable bonds is 5. The number of benzene rings is 2. The zero-order valence-electron chi connectivity index (χ0n) is 12.8. The van der Waals surface area contributed by atoms with Crippen molar-refractivity contribution in [1.29, 1.82) is 0 Å². The van der Waals surface area contributed by atoms with Gasteiger partial charge < -0.3 is 10.1 Å². The van der Waals surface area contributed by atoms with E-state index in [1.807, 2.05) is 24.3 Å². The van der Waals surface area contributed by atoms with Crippen LogP contribution in [-0.4, -0.2) is 13.1 Å². The van der Waals surface area contributed by atoms with Crippen molar-refractivity contribution in [3.63, 3.8) is 0 Å². The molecule has 0 aliphatic rings. The fraction of sp³-hybridized carbons (Fsp3) is 0.278. The van der Waals surface area contributed by atoms with E-state index < -0.39 is 0 Å². The summed E-state index contributed by atoms with van der Waals surface area (Å²) < 4.78 is 4.64. The lowest BCUT2D eigenvalue weighted by Crippen LogP contribution is -2.01. The molecule has 0 atom stereocenters. The Balaban J connectivity index is 1.98. The molecule has 21 heavy (non-hydrogen) atoms. The number of nitrogens with one attached hydrogen (secondary N) is 1. The highest BCUT2D eigenvalue weighted by Gasteiger charge is 2.02. The smallest absolute Gasteiger partial charge is 0.305 e. The molecule has 0 saturated carbocycles. The van der Waals surface area contributed by atoms with Crippen molar-refractivity contribution in [3.05, 3.63) is 59.2 Å².